The van der Waals surface area contributed by atoms with Gasteiger partial charge in [0.15, 0.2) is 5.82 Å². The fraction of sp³-hybridized carbons (Fsp3) is 0.562. The van der Waals surface area contributed by atoms with Crippen molar-refractivity contribution >= 4 is 5.69 Å². The number of nitrogen functional groups attached to an aromatic ring is 1. The van der Waals surface area contributed by atoms with Crippen molar-refractivity contribution in [3.8, 4) is 11.4 Å². The zero-order valence-corrected chi connectivity index (χ0v) is 12.6. The van der Waals surface area contributed by atoms with Crippen molar-refractivity contribution in [2.45, 2.75) is 57.9 Å². The second-order valence-electron chi connectivity index (χ2n) is 6.08. The number of aryl methyl sites for hydroxylation is 1. The molecule has 0 atom stereocenters. The van der Waals surface area contributed by atoms with Gasteiger partial charge in [0.1, 0.15) is 0 Å². The minimum Gasteiger partial charge on any atom is -0.399 e. The summed E-state index contributed by atoms with van der Waals surface area (Å²) in [6.45, 7) is 2.05. The van der Waals surface area contributed by atoms with Crippen LogP contribution in [-0.4, -0.2) is 20.2 Å². The van der Waals surface area contributed by atoms with Crippen LogP contribution in [0.4, 0.5) is 5.69 Å². The summed E-state index contributed by atoms with van der Waals surface area (Å²) in [6.07, 6.45) is 8.87. The molecular formula is C16H23N5. The summed E-state index contributed by atoms with van der Waals surface area (Å²) in [4.78, 5) is 0. The van der Waals surface area contributed by atoms with Gasteiger partial charge in [-0.25, -0.2) is 4.68 Å². The van der Waals surface area contributed by atoms with Crippen molar-refractivity contribution in [1.82, 2.24) is 20.2 Å². The Labute approximate surface area is 125 Å². The van der Waals surface area contributed by atoms with Gasteiger partial charge in [0.05, 0.1) is 6.04 Å². The van der Waals surface area contributed by atoms with E-state index in [4.69, 9.17) is 5.73 Å². The highest BCUT2D eigenvalue weighted by Gasteiger charge is 2.19. The molecule has 1 aromatic heterocycles. The zero-order valence-electron chi connectivity index (χ0n) is 12.6. The average molecular weight is 285 g/mol. The van der Waals surface area contributed by atoms with Gasteiger partial charge < -0.3 is 5.73 Å². The average Bonchev–Trinajstić information content (AvgIpc) is 2.86. The van der Waals surface area contributed by atoms with E-state index in [1.807, 2.05) is 23.7 Å². The van der Waals surface area contributed by atoms with Gasteiger partial charge in [-0.1, -0.05) is 32.1 Å². The molecule has 0 amide bonds. The number of rotatable bonds is 2. The first-order valence-corrected chi connectivity index (χ1v) is 7.89. The fourth-order valence-electron chi connectivity index (χ4n) is 3.25. The summed E-state index contributed by atoms with van der Waals surface area (Å²) in [5, 5.41) is 12.4. The molecule has 1 fully saturated rings. The van der Waals surface area contributed by atoms with Crippen LogP contribution in [0.1, 0.15) is 56.6 Å². The van der Waals surface area contributed by atoms with Crippen LogP contribution in [0, 0.1) is 6.92 Å². The second kappa shape index (κ2) is 6.24. The number of aromatic nitrogens is 4. The molecule has 1 aliphatic carbocycles. The van der Waals surface area contributed by atoms with Gasteiger partial charge in [0, 0.05) is 11.3 Å². The first-order chi connectivity index (χ1) is 10.2. The van der Waals surface area contributed by atoms with E-state index < -0.39 is 0 Å². The maximum atomic E-state index is 5.96. The smallest absolute Gasteiger partial charge is 0.182 e. The number of nitrogens with two attached hydrogens (primary N) is 1. The highest BCUT2D eigenvalue weighted by molar-refractivity contribution is 5.62. The van der Waals surface area contributed by atoms with Crippen molar-refractivity contribution in [3.63, 3.8) is 0 Å². The molecular weight excluding hydrogens is 262 g/mol. The van der Waals surface area contributed by atoms with E-state index in [-0.39, 0.29) is 0 Å². The van der Waals surface area contributed by atoms with E-state index in [1.165, 1.54) is 44.9 Å². The lowest BCUT2D eigenvalue weighted by atomic mass is 9.96. The SMILES string of the molecule is Cc1cc(N)cc(-c2nnnn2C2CCCCCCC2)c1. The molecule has 0 radical (unpaired) electrons. The van der Waals surface area contributed by atoms with Crippen molar-refractivity contribution in [2.75, 3.05) is 5.73 Å². The zero-order chi connectivity index (χ0) is 14.7. The van der Waals surface area contributed by atoms with Gasteiger partial charge in [-0.05, 0) is 54.0 Å². The summed E-state index contributed by atoms with van der Waals surface area (Å²) in [7, 11) is 0. The summed E-state index contributed by atoms with van der Waals surface area (Å²) < 4.78 is 2.01. The standard InChI is InChI=1S/C16H23N5/c1-12-9-13(11-14(17)10-12)16-18-19-20-21(16)15-7-5-3-2-4-6-8-15/h9-11,15H,2-8,17H2,1H3. The molecule has 21 heavy (non-hydrogen) atoms. The van der Waals surface area contributed by atoms with Crippen LogP contribution >= 0.6 is 0 Å². The Bertz CT molecular complexity index is 576. The van der Waals surface area contributed by atoms with Gasteiger partial charge >= 0.3 is 0 Å². The number of hydrogen-bond acceptors (Lipinski definition) is 4. The summed E-state index contributed by atoms with van der Waals surface area (Å²) >= 11 is 0. The van der Waals surface area contributed by atoms with E-state index in [1.54, 1.807) is 0 Å². The lowest BCUT2D eigenvalue weighted by Crippen LogP contribution is -2.14. The highest BCUT2D eigenvalue weighted by Crippen LogP contribution is 2.30. The number of anilines is 1. The van der Waals surface area contributed by atoms with Gasteiger partial charge in [0.2, 0.25) is 0 Å². The number of hydrogen-bond donors (Lipinski definition) is 1. The van der Waals surface area contributed by atoms with E-state index in [0.29, 0.717) is 6.04 Å². The molecule has 1 aliphatic rings. The molecule has 2 N–H and O–H groups in total. The Balaban J connectivity index is 1.92. The van der Waals surface area contributed by atoms with Crippen LogP contribution in [0.15, 0.2) is 18.2 Å². The van der Waals surface area contributed by atoms with Gasteiger partial charge in [-0.3, -0.25) is 0 Å². The van der Waals surface area contributed by atoms with Gasteiger partial charge in [-0.2, -0.15) is 0 Å². The summed E-state index contributed by atoms with van der Waals surface area (Å²) in [5.74, 6) is 0.843. The molecule has 2 aromatic rings. The van der Waals surface area contributed by atoms with Gasteiger partial charge in [-0.15, -0.1) is 5.10 Å². The van der Waals surface area contributed by atoms with Crippen molar-refractivity contribution < 1.29 is 0 Å². The molecule has 5 nitrogen and oxygen atoms in total. The van der Waals surface area contributed by atoms with Crippen LogP contribution in [0.5, 0.6) is 0 Å². The van der Waals surface area contributed by atoms with E-state index in [0.717, 1.165) is 22.6 Å². The lowest BCUT2D eigenvalue weighted by Gasteiger charge is -2.20. The number of tetrazole rings is 1. The van der Waals surface area contributed by atoms with Crippen molar-refractivity contribution in [3.05, 3.63) is 23.8 Å². The molecule has 3 rings (SSSR count). The Morgan fingerprint density at radius 1 is 1.05 bits per heavy atom. The van der Waals surface area contributed by atoms with Crippen LogP contribution in [0.25, 0.3) is 11.4 Å². The molecule has 1 heterocycles. The molecule has 5 heteroatoms. The Hall–Kier alpha value is -1.91. The molecule has 0 saturated heterocycles. The fourth-order valence-corrected chi connectivity index (χ4v) is 3.25. The Kier molecular flexibility index (Phi) is 4.18. The van der Waals surface area contributed by atoms with E-state index >= 15 is 0 Å². The summed E-state index contributed by atoms with van der Waals surface area (Å²) in [5.41, 5.74) is 8.87. The monoisotopic (exact) mass is 285 g/mol. The minimum absolute atomic E-state index is 0.414. The van der Waals surface area contributed by atoms with E-state index in [9.17, 15) is 0 Å². The molecule has 0 bridgehead atoms. The summed E-state index contributed by atoms with van der Waals surface area (Å²) in [6, 6.07) is 6.43. The third-order valence-corrected chi connectivity index (χ3v) is 4.27. The number of nitrogens with zero attached hydrogens (tertiary/aromatic N) is 4. The maximum Gasteiger partial charge on any atom is 0.182 e. The highest BCUT2D eigenvalue weighted by atomic mass is 15.5. The third-order valence-electron chi connectivity index (χ3n) is 4.27. The molecule has 0 unspecified atom stereocenters. The van der Waals surface area contributed by atoms with Crippen molar-refractivity contribution in [2.24, 2.45) is 0 Å². The molecule has 112 valence electrons. The number of benzene rings is 1. The first kappa shape index (κ1) is 14.0. The topological polar surface area (TPSA) is 69.6 Å². The molecule has 1 saturated carbocycles. The van der Waals surface area contributed by atoms with E-state index in [2.05, 4.69) is 21.6 Å². The van der Waals surface area contributed by atoms with Crippen LogP contribution in [-0.2, 0) is 0 Å². The van der Waals surface area contributed by atoms with Crippen LogP contribution in [0.3, 0.4) is 0 Å². The van der Waals surface area contributed by atoms with Crippen molar-refractivity contribution in [1.29, 1.82) is 0 Å². The minimum atomic E-state index is 0.414. The second-order valence-corrected chi connectivity index (χ2v) is 6.08. The quantitative estimate of drug-likeness (QED) is 0.857. The third kappa shape index (κ3) is 3.23. The van der Waals surface area contributed by atoms with Crippen LogP contribution in [0.2, 0.25) is 0 Å². The predicted octanol–water partition coefficient (Wildman–Crippen LogP) is 3.52. The Morgan fingerprint density at radius 3 is 2.48 bits per heavy atom. The molecule has 1 aromatic carbocycles. The largest absolute Gasteiger partial charge is 0.399 e. The van der Waals surface area contributed by atoms with Gasteiger partial charge in [0.25, 0.3) is 0 Å². The molecule has 0 aliphatic heterocycles. The Morgan fingerprint density at radius 2 is 1.76 bits per heavy atom. The maximum absolute atomic E-state index is 5.96. The predicted molar refractivity (Wildman–Crippen MR) is 83.8 cm³/mol. The first-order valence-electron chi connectivity index (χ1n) is 7.89. The van der Waals surface area contributed by atoms with Crippen LogP contribution < -0.4 is 5.73 Å². The molecule has 0 spiro atoms. The normalized spacial score (nSPS) is 17.4. The lowest BCUT2D eigenvalue weighted by molar-refractivity contribution is 0.345.